The molecule has 2 heterocycles. The number of alkyl halides is 3. The molecule has 2 fully saturated rings. The number of nitrogens with zero attached hydrogens (tertiary/aromatic N) is 1. The highest BCUT2D eigenvalue weighted by molar-refractivity contribution is 5.69. The third-order valence-electron chi connectivity index (χ3n) is 5.67. The van der Waals surface area contributed by atoms with Gasteiger partial charge in [-0.1, -0.05) is 6.07 Å². The molecular formula is C21H28F3NO3. The molecule has 2 saturated heterocycles. The number of hydrogen-bond donors (Lipinski definition) is 1. The van der Waals surface area contributed by atoms with E-state index in [0.717, 1.165) is 31.4 Å². The first-order valence-corrected chi connectivity index (χ1v) is 9.72. The van der Waals surface area contributed by atoms with Gasteiger partial charge in [-0.2, -0.15) is 13.2 Å². The van der Waals surface area contributed by atoms with Crippen LogP contribution >= 0.6 is 0 Å². The zero-order valence-electron chi connectivity index (χ0n) is 16.8. The molecule has 0 radical (unpaired) electrons. The van der Waals surface area contributed by atoms with Crippen molar-refractivity contribution in [3.05, 3.63) is 34.9 Å². The Morgan fingerprint density at radius 3 is 2.21 bits per heavy atom. The fourth-order valence-corrected chi connectivity index (χ4v) is 4.62. The summed E-state index contributed by atoms with van der Waals surface area (Å²) in [5.74, 6) is 0. The fourth-order valence-electron chi connectivity index (χ4n) is 4.62. The van der Waals surface area contributed by atoms with Gasteiger partial charge in [-0.3, -0.25) is 0 Å². The summed E-state index contributed by atoms with van der Waals surface area (Å²) in [6.07, 6.45) is -1.74. The number of piperidine rings is 2. The van der Waals surface area contributed by atoms with Crippen molar-refractivity contribution >= 4 is 6.09 Å². The summed E-state index contributed by atoms with van der Waals surface area (Å²) in [5, 5.41) is 11.4. The minimum absolute atomic E-state index is 0.186. The Kier molecular flexibility index (Phi) is 5.19. The van der Waals surface area contributed by atoms with Crippen LogP contribution in [-0.2, 0) is 16.5 Å². The number of carbonyl (C=O) groups excluding carboxylic acids is 1. The van der Waals surface area contributed by atoms with Gasteiger partial charge in [-0.05, 0) is 70.2 Å². The van der Waals surface area contributed by atoms with Gasteiger partial charge in [0.2, 0.25) is 0 Å². The molecule has 2 aliphatic rings. The first-order chi connectivity index (χ1) is 12.8. The van der Waals surface area contributed by atoms with Crippen LogP contribution in [0.4, 0.5) is 18.0 Å². The van der Waals surface area contributed by atoms with E-state index in [9.17, 15) is 23.1 Å². The highest BCUT2D eigenvalue weighted by Gasteiger charge is 2.49. The molecule has 28 heavy (non-hydrogen) atoms. The van der Waals surface area contributed by atoms with Crippen molar-refractivity contribution in [2.75, 3.05) is 0 Å². The van der Waals surface area contributed by atoms with Gasteiger partial charge in [0.05, 0.1) is 11.2 Å². The molecular weight excluding hydrogens is 371 g/mol. The van der Waals surface area contributed by atoms with Crippen molar-refractivity contribution in [3.8, 4) is 0 Å². The van der Waals surface area contributed by atoms with Crippen LogP contribution in [0, 0.1) is 6.92 Å². The quantitative estimate of drug-likeness (QED) is 0.710. The Labute approximate surface area is 163 Å². The van der Waals surface area contributed by atoms with E-state index >= 15 is 0 Å². The molecule has 156 valence electrons. The van der Waals surface area contributed by atoms with Crippen molar-refractivity contribution in [2.24, 2.45) is 0 Å². The van der Waals surface area contributed by atoms with Gasteiger partial charge < -0.3 is 14.7 Å². The maximum absolute atomic E-state index is 13.0. The maximum Gasteiger partial charge on any atom is 0.416 e. The summed E-state index contributed by atoms with van der Waals surface area (Å²) in [7, 11) is 0. The van der Waals surface area contributed by atoms with Crippen LogP contribution < -0.4 is 0 Å². The molecule has 7 heteroatoms. The summed E-state index contributed by atoms with van der Waals surface area (Å²) in [6.45, 7) is 7.03. The lowest BCUT2D eigenvalue weighted by Gasteiger charge is -2.52. The predicted molar refractivity (Wildman–Crippen MR) is 98.8 cm³/mol. The Bertz CT molecular complexity index is 740. The van der Waals surface area contributed by atoms with Crippen molar-refractivity contribution in [2.45, 2.75) is 89.3 Å². The molecule has 0 spiro atoms. The van der Waals surface area contributed by atoms with Crippen molar-refractivity contribution in [1.82, 2.24) is 4.90 Å². The maximum atomic E-state index is 13.0. The second kappa shape index (κ2) is 6.94. The first-order valence-electron chi connectivity index (χ1n) is 9.72. The van der Waals surface area contributed by atoms with E-state index in [1.807, 2.05) is 20.8 Å². The van der Waals surface area contributed by atoms with Crippen molar-refractivity contribution in [1.29, 1.82) is 0 Å². The summed E-state index contributed by atoms with van der Waals surface area (Å²) >= 11 is 0. The van der Waals surface area contributed by atoms with Crippen LogP contribution in [0.1, 0.15) is 69.6 Å². The topological polar surface area (TPSA) is 49.8 Å². The molecule has 2 atom stereocenters. The van der Waals surface area contributed by atoms with E-state index in [1.165, 1.54) is 6.07 Å². The lowest BCUT2D eigenvalue weighted by atomic mass is 9.71. The molecule has 1 aromatic carbocycles. The average molecular weight is 399 g/mol. The summed E-state index contributed by atoms with van der Waals surface area (Å²) in [4.78, 5) is 14.4. The fraction of sp³-hybridized carbons (Fsp3) is 0.667. The van der Waals surface area contributed by atoms with Gasteiger partial charge >= 0.3 is 12.3 Å². The average Bonchev–Trinajstić information content (AvgIpc) is 2.51. The highest BCUT2D eigenvalue weighted by Crippen LogP contribution is 2.46. The zero-order valence-corrected chi connectivity index (χ0v) is 16.8. The van der Waals surface area contributed by atoms with Crippen LogP contribution in [0.2, 0.25) is 0 Å². The number of amides is 1. The second-order valence-corrected chi connectivity index (χ2v) is 9.09. The number of rotatable bonds is 1. The van der Waals surface area contributed by atoms with Gasteiger partial charge in [0.1, 0.15) is 5.60 Å². The van der Waals surface area contributed by atoms with Gasteiger partial charge in [0.15, 0.2) is 0 Å². The second-order valence-electron chi connectivity index (χ2n) is 9.09. The van der Waals surface area contributed by atoms with Crippen molar-refractivity contribution in [3.63, 3.8) is 0 Å². The van der Waals surface area contributed by atoms with Crippen LogP contribution in [0.5, 0.6) is 0 Å². The van der Waals surface area contributed by atoms with Crippen LogP contribution in [0.25, 0.3) is 0 Å². The van der Waals surface area contributed by atoms with Gasteiger partial charge in [0.25, 0.3) is 0 Å². The van der Waals surface area contributed by atoms with E-state index in [-0.39, 0.29) is 18.2 Å². The third-order valence-corrected chi connectivity index (χ3v) is 5.67. The van der Waals surface area contributed by atoms with Gasteiger partial charge in [-0.25, -0.2) is 4.79 Å². The molecule has 0 saturated carbocycles. The SMILES string of the molecule is Cc1cc(C(F)(F)F)ccc1C1(O)CC2CCCC(C1)N2C(=O)OC(C)(C)C. The van der Waals surface area contributed by atoms with E-state index in [4.69, 9.17) is 4.74 Å². The van der Waals surface area contributed by atoms with E-state index in [1.54, 1.807) is 11.8 Å². The largest absolute Gasteiger partial charge is 0.444 e. The Morgan fingerprint density at radius 2 is 1.75 bits per heavy atom. The van der Waals surface area contributed by atoms with Gasteiger partial charge in [0, 0.05) is 24.9 Å². The van der Waals surface area contributed by atoms with Crippen LogP contribution in [0.15, 0.2) is 18.2 Å². The number of fused-ring (bicyclic) bond motifs is 2. The smallest absolute Gasteiger partial charge is 0.416 e. The van der Waals surface area contributed by atoms with E-state index < -0.39 is 22.9 Å². The number of ether oxygens (including phenoxy) is 1. The van der Waals surface area contributed by atoms with E-state index in [2.05, 4.69) is 0 Å². The molecule has 1 N–H and O–H groups in total. The summed E-state index contributed by atoms with van der Waals surface area (Å²) in [5.41, 5.74) is -1.64. The molecule has 2 bridgehead atoms. The molecule has 1 amide bonds. The van der Waals surface area contributed by atoms with Crippen LogP contribution in [-0.4, -0.2) is 33.8 Å². The van der Waals surface area contributed by atoms with Gasteiger partial charge in [-0.15, -0.1) is 0 Å². The third kappa shape index (κ3) is 4.14. The number of carbonyl (C=O) groups is 1. The number of aryl methyl sites for hydroxylation is 1. The monoisotopic (exact) mass is 399 g/mol. The minimum Gasteiger partial charge on any atom is -0.444 e. The lowest BCUT2D eigenvalue weighted by molar-refractivity contribution is -0.137. The zero-order chi connectivity index (χ0) is 20.9. The highest BCUT2D eigenvalue weighted by atomic mass is 19.4. The number of halogens is 3. The standard InChI is InChI=1S/C21H28F3NO3/c1-13-10-14(21(22,23)24)8-9-17(13)20(27)11-15-6-5-7-16(12-20)25(15)18(26)28-19(2,3)4/h8-10,15-16,27H,5-7,11-12H2,1-4H3. The minimum atomic E-state index is -4.41. The summed E-state index contributed by atoms with van der Waals surface area (Å²) < 4.78 is 44.5. The number of hydrogen-bond acceptors (Lipinski definition) is 3. The molecule has 2 unspecified atom stereocenters. The Hall–Kier alpha value is -1.76. The molecule has 0 aliphatic carbocycles. The predicted octanol–water partition coefficient (Wildman–Crippen LogP) is 5.15. The Morgan fingerprint density at radius 1 is 1.18 bits per heavy atom. The Balaban J connectivity index is 1.87. The van der Waals surface area contributed by atoms with Crippen molar-refractivity contribution < 1.29 is 27.8 Å². The molecule has 3 rings (SSSR count). The first kappa shape index (κ1) is 21.0. The number of benzene rings is 1. The molecule has 0 aromatic heterocycles. The molecule has 4 nitrogen and oxygen atoms in total. The molecule has 2 aliphatic heterocycles. The molecule has 1 aromatic rings. The van der Waals surface area contributed by atoms with Crippen LogP contribution in [0.3, 0.4) is 0 Å². The normalized spacial score (nSPS) is 28.2. The van der Waals surface area contributed by atoms with E-state index in [0.29, 0.717) is 24.0 Å². The lowest BCUT2D eigenvalue weighted by Crippen LogP contribution is -2.59. The number of aliphatic hydroxyl groups is 1. The summed E-state index contributed by atoms with van der Waals surface area (Å²) in [6, 6.07) is 3.12.